The summed E-state index contributed by atoms with van der Waals surface area (Å²) in [5.74, 6) is -0.452. The van der Waals surface area contributed by atoms with Crippen LogP contribution in [0.1, 0.15) is 11.1 Å². The van der Waals surface area contributed by atoms with E-state index in [2.05, 4.69) is 0 Å². The number of benzene rings is 2. The molecule has 0 atom stereocenters. The maximum atomic E-state index is 13.2. The summed E-state index contributed by atoms with van der Waals surface area (Å²) in [6.45, 7) is 3.60. The summed E-state index contributed by atoms with van der Waals surface area (Å²) in [6, 6.07) is 9.54. The van der Waals surface area contributed by atoms with Gasteiger partial charge in [-0.1, -0.05) is 12.1 Å². The first-order valence-corrected chi connectivity index (χ1v) is 9.44. The topological polar surface area (TPSA) is 93.1 Å². The molecule has 0 amide bonds. The molecular formula is C18H19NO6S. The van der Waals surface area contributed by atoms with Crippen LogP contribution in [0, 0.1) is 13.8 Å². The molecule has 0 aliphatic carbocycles. The average Bonchev–Trinajstić information content (AvgIpc) is 2.61. The molecule has 0 spiro atoms. The molecule has 0 aromatic heterocycles. The predicted octanol–water partition coefficient (Wildman–Crippen LogP) is 2.35. The van der Waals surface area contributed by atoms with Gasteiger partial charge in [0, 0.05) is 6.07 Å². The first-order chi connectivity index (χ1) is 12.3. The highest BCUT2D eigenvalue weighted by Gasteiger charge is 2.29. The molecule has 26 heavy (non-hydrogen) atoms. The van der Waals surface area contributed by atoms with Gasteiger partial charge in [-0.15, -0.1) is 0 Å². The van der Waals surface area contributed by atoms with Crippen LogP contribution in [0.15, 0.2) is 41.3 Å². The van der Waals surface area contributed by atoms with Crippen LogP contribution >= 0.6 is 0 Å². The van der Waals surface area contributed by atoms with Crippen LogP contribution in [-0.4, -0.2) is 39.3 Å². The Kier molecular flexibility index (Phi) is 4.78. The fourth-order valence-electron chi connectivity index (χ4n) is 2.72. The van der Waals surface area contributed by atoms with Crippen LogP contribution in [0.3, 0.4) is 0 Å². The standard InChI is InChI=1S/C18H19NO6S/c1-12-3-4-13(2)15(9-12)19(11-18(20)21)26(22,23)14-5-6-16-17(10-14)25-8-7-24-16/h3-6,9-10H,7-8,11H2,1-2H3,(H,20,21). The Balaban J connectivity index is 2.10. The molecule has 3 rings (SSSR count). The molecular weight excluding hydrogens is 358 g/mol. The van der Waals surface area contributed by atoms with Gasteiger partial charge in [0.05, 0.1) is 10.6 Å². The number of carboxylic acid groups (broad SMARTS) is 1. The van der Waals surface area contributed by atoms with Crippen LogP contribution in [0.2, 0.25) is 0 Å². The molecule has 1 aliphatic rings. The molecule has 2 aromatic rings. The number of carboxylic acids is 1. The number of anilines is 1. The number of nitrogens with zero attached hydrogens (tertiary/aromatic N) is 1. The van der Waals surface area contributed by atoms with Crippen LogP contribution < -0.4 is 13.8 Å². The van der Waals surface area contributed by atoms with Crippen LogP contribution in [0.25, 0.3) is 0 Å². The molecule has 0 fully saturated rings. The van der Waals surface area contributed by atoms with Gasteiger partial charge in [0.2, 0.25) is 0 Å². The number of rotatable bonds is 5. The van der Waals surface area contributed by atoms with E-state index in [1.54, 1.807) is 19.1 Å². The smallest absolute Gasteiger partial charge is 0.324 e. The molecule has 138 valence electrons. The minimum atomic E-state index is -4.10. The molecule has 8 heteroatoms. The summed E-state index contributed by atoms with van der Waals surface area (Å²) in [4.78, 5) is 11.3. The predicted molar refractivity (Wildman–Crippen MR) is 95.5 cm³/mol. The van der Waals surface area contributed by atoms with Gasteiger partial charge >= 0.3 is 5.97 Å². The van der Waals surface area contributed by atoms with Crippen molar-refractivity contribution in [2.24, 2.45) is 0 Å². The average molecular weight is 377 g/mol. The maximum absolute atomic E-state index is 13.2. The normalized spacial score (nSPS) is 13.3. The van der Waals surface area contributed by atoms with Gasteiger partial charge in [0.25, 0.3) is 10.0 Å². The largest absolute Gasteiger partial charge is 0.486 e. The lowest BCUT2D eigenvalue weighted by molar-refractivity contribution is -0.135. The third-order valence-corrected chi connectivity index (χ3v) is 5.77. The monoisotopic (exact) mass is 377 g/mol. The second-order valence-electron chi connectivity index (χ2n) is 6.00. The zero-order valence-corrected chi connectivity index (χ0v) is 15.2. The highest BCUT2D eigenvalue weighted by Crippen LogP contribution is 2.35. The minimum Gasteiger partial charge on any atom is -0.486 e. The molecule has 2 aromatic carbocycles. The molecule has 0 saturated carbocycles. The van der Waals surface area contributed by atoms with Crippen LogP contribution in [0.4, 0.5) is 5.69 Å². The van der Waals surface area contributed by atoms with E-state index < -0.39 is 22.5 Å². The van der Waals surface area contributed by atoms with E-state index in [0.29, 0.717) is 36.0 Å². The van der Waals surface area contributed by atoms with E-state index in [0.717, 1.165) is 9.87 Å². The van der Waals surface area contributed by atoms with Gasteiger partial charge in [-0.2, -0.15) is 0 Å². The Bertz CT molecular complexity index is 954. The number of aryl methyl sites for hydroxylation is 2. The van der Waals surface area contributed by atoms with Gasteiger partial charge in [-0.25, -0.2) is 8.42 Å². The third-order valence-electron chi connectivity index (χ3n) is 4.01. The van der Waals surface area contributed by atoms with Gasteiger partial charge in [0.15, 0.2) is 11.5 Å². The lowest BCUT2D eigenvalue weighted by Gasteiger charge is -2.26. The molecule has 1 aliphatic heterocycles. The molecule has 7 nitrogen and oxygen atoms in total. The third kappa shape index (κ3) is 3.45. The van der Waals surface area contributed by atoms with Crippen molar-refractivity contribution in [1.29, 1.82) is 0 Å². The lowest BCUT2D eigenvalue weighted by atomic mass is 10.1. The van der Waals surface area contributed by atoms with E-state index >= 15 is 0 Å². The molecule has 0 bridgehead atoms. The van der Waals surface area contributed by atoms with Crippen molar-refractivity contribution in [3.8, 4) is 11.5 Å². The molecule has 0 radical (unpaired) electrons. The quantitative estimate of drug-likeness (QED) is 0.860. The minimum absolute atomic E-state index is 0.0519. The number of fused-ring (bicyclic) bond motifs is 1. The summed E-state index contributed by atoms with van der Waals surface area (Å²) in [6.07, 6.45) is 0. The Hall–Kier alpha value is -2.74. The van der Waals surface area contributed by atoms with E-state index in [-0.39, 0.29) is 4.90 Å². The second-order valence-corrected chi connectivity index (χ2v) is 7.86. The number of hydrogen-bond donors (Lipinski definition) is 1. The SMILES string of the molecule is Cc1ccc(C)c(N(CC(=O)O)S(=O)(=O)c2ccc3c(c2)OCCO3)c1. The second kappa shape index (κ2) is 6.87. The van der Waals surface area contributed by atoms with E-state index in [4.69, 9.17) is 9.47 Å². The van der Waals surface area contributed by atoms with E-state index in [1.807, 2.05) is 13.0 Å². The zero-order valence-electron chi connectivity index (χ0n) is 14.4. The molecule has 0 saturated heterocycles. The van der Waals surface area contributed by atoms with Crippen LogP contribution in [-0.2, 0) is 14.8 Å². The highest BCUT2D eigenvalue weighted by molar-refractivity contribution is 7.92. The van der Waals surface area contributed by atoms with Gasteiger partial charge in [-0.05, 0) is 43.2 Å². The number of sulfonamides is 1. The van der Waals surface area contributed by atoms with Crippen molar-refractivity contribution in [3.63, 3.8) is 0 Å². The van der Waals surface area contributed by atoms with E-state index in [9.17, 15) is 18.3 Å². The zero-order chi connectivity index (χ0) is 18.9. The van der Waals surface area contributed by atoms with Gasteiger partial charge < -0.3 is 14.6 Å². The Morgan fingerprint density at radius 2 is 1.77 bits per heavy atom. The number of carbonyl (C=O) groups is 1. The van der Waals surface area contributed by atoms with Crippen molar-refractivity contribution >= 4 is 21.7 Å². The summed E-state index contributed by atoms with van der Waals surface area (Å²) in [5, 5.41) is 9.26. The summed E-state index contributed by atoms with van der Waals surface area (Å²) < 4.78 is 38.1. The number of ether oxygens (including phenoxy) is 2. The lowest BCUT2D eigenvalue weighted by Crippen LogP contribution is -2.36. The fraction of sp³-hybridized carbons (Fsp3) is 0.278. The Morgan fingerprint density at radius 1 is 1.08 bits per heavy atom. The first-order valence-electron chi connectivity index (χ1n) is 8.00. The molecule has 0 unspecified atom stereocenters. The maximum Gasteiger partial charge on any atom is 0.324 e. The molecule has 1 N–H and O–H groups in total. The van der Waals surface area contributed by atoms with Crippen molar-refractivity contribution in [2.45, 2.75) is 18.7 Å². The fourth-order valence-corrected chi connectivity index (χ4v) is 4.21. The number of hydrogen-bond acceptors (Lipinski definition) is 5. The summed E-state index contributed by atoms with van der Waals surface area (Å²) in [5.41, 5.74) is 1.83. The van der Waals surface area contributed by atoms with Crippen LogP contribution in [0.5, 0.6) is 11.5 Å². The van der Waals surface area contributed by atoms with Crippen molar-refractivity contribution in [1.82, 2.24) is 0 Å². The Labute approximate surface area is 151 Å². The van der Waals surface area contributed by atoms with Crippen molar-refractivity contribution in [2.75, 3.05) is 24.1 Å². The molecule has 1 heterocycles. The van der Waals surface area contributed by atoms with Gasteiger partial charge in [-0.3, -0.25) is 9.10 Å². The summed E-state index contributed by atoms with van der Waals surface area (Å²) >= 11 is 0. The Morgan fingerprint density at radius 3 is 2.46 bits per heavy atom. The van der Waals surface area contributed by atoms with Gasteiger partial charge in [0.1, 0.15) is 19.8 Å². The number of aliphatic carboxylic acids is 1. The van der Waals surface area contributed by atoms with Crippen molar-refractivity contribution in [3.05, 3.63) is 47.5 Å². The van der Waals surface area contributed by atoms with E-state index in [1.165, 1.54) is 18.2 Å². The van der Waals surface area contributed by atoms with Crippen molar-refractivity contribution < 1.29 is 27.8 Å². The highest BCUT2D eigenvalue weighted by atomic mass is 32.2. The first kappa shape index (κ1) is 18.1. The summed E-state index contributed by atoms with van der Waals surface area (Å²) in [7, 11) is -4.10.